The fraction of sp³-hybridized carbons (Fsp3) is 0.750. The molecule has 0 aliphatic carbocycles. The van der Waals surface area contributed by atoms with E-state index in [1.165, 1.54) is 0 Å². The Bertz CT molecular complexity index is 238. The molecule has 0 saturated heterocycles. The smallest absolute Gasteiger partial charge is 0.343 e. The van der Waals surface area contributed by atoms with Crippen LogP contribution in [0.3, 0.4) is 0 Å². The predicted molar refractivity (Wildman–Crippen MR) is 79.0 cm³/mol. The van der Waals surface area contributed by atoms with E-state index in [2.05, 4.69) is 32.8 Å². The molecule has 0 amide bonds. The zero-order chi connectivity index (χ0) is 12.5. The third-order valence-corrected chi connectivity index (χ3v) is 18.8. The number of rotatable bonds is 5. The minimum Gasteiger partial charge on any atom is -0.452 e. The van der Waals surface area contributed by atoms with Crippen molar-refractivity contribution in [2.75, 3.05) is 0 Å². The standard InChI is InChI=1S/C8H19Cl3OSi3/c1-7-13(3,4)12-14(5,6)8(2)15(9,10)11/h7-8H,1H2,2-6H3. The first kappa shape index (κ1) is 16.2. The van der Waals surface area contributed by atoms with Gasteiger partial charge in [0, 0.05) is 5.16 Å². The largest absolute Gasteiger partial charge is 0.452 e. The molecular formula is C8H19Cl3OSi3. The summed E-state index contributed by atoms with van der Waals surface area (Å²) < 4.78 is 6.20. The third-order valence-electron chi connectivity index (χ3n) is 2.55. The molecule has 0 aliphatic rings. The van der Waals surface area contributed by atoms with E-state index in [1.54, 1.807) is 0 Å². The summed E-state index contributed by atoms with van der Waals surface area (Å²) in [5.41, 5.74) is 1.92. The Morgan fingerprint density at radius 3 is 1.80 bits per heavy atom. The van der Waals surface area contributed by atoms with E-state index in [9.17, 15) is 0 Å². The third kappa shape index (κ3) is 5.39. The first-order chi connectivity index (χ1) is 6.42. The molecule has 0 aliphatic heterocycles. The molecule has 90 valence electrons. The molecule has 0 radical (unpaired) electrons. The molecule has 0 bridgehead atoms. The SMILES string of the molecule is C=C[Si](C)(C)O[Si](C)(C)C(C)[Si](Cl)(Cl)Cl. The predicted octanol–water partition coefficient (Wildman–Crippen LogP) is 4.72. The fourth-order valence-corrected chi connectivity index (χ4v) is 18.4. The van der Waals surface area contributed by atoms with Gasteiger partial charge >= 0.3 is 6.00 Å². The highest BCUT2D eigenvalue weighted by molar-refractivity contribution is 7.66. The Hall–Kier alpha value is 1.22. The number of halogens is 3. The highest BCUT2D eigenvalue weighted by Crippen LogP contribution is 2.41. The van der Waals surface area contributed by atoms with E-state index in [-0.39, 0.29) is 5.16 Å². The van der Waals surface area contributed by atoms with Crippen LogP contribution in [0.2, 0.25) is 31.4 Å². The zero-order valence-corrected chi connectivity index (χ0v) is 15.2. The van der Waals surface area contributed by atoms with Gasteiger partial charge in [0.05, 0.1) is 0 Å². The van der Waals surface area contributed by atoms with Crippen LogP contribution in [0.1, 0.15) is 6.92 Å². The summed E-state index contributed by atoms with van der Waals surface area (Å²) in [6, 6.07) is -2.67. The molecule has 0 spiro atoms. The lowest BCUT2D eigenvalue weighted by Gasteiger charge is -2.38. The normalized spacial score (nSPS) is 16.3. The lowest BCUT2D eigenvalue weighted by molar-refractivity contribution is 0.550. The van der Waals surface area contributed by atoms with Gasteiger partial charge in [-0.05, 0) is 26.2 Å². The van der Waals surface area contributed by atoms with Crippen LogP contribution in [-0.4, -0.2) is 22.6 Å². The monoisotopic (exact) mass is 320 g/mol. The van der Waals surface area contributed by atoms with Crippen molar-refractivity contribution in [2.45, 2.75) is 38.3 Å². The van der Waals surface area contributed by atoms with Crippen molar-refractivity contribution in [3.8, 4) is 0 Å². The summed E-state index contributed by atoms with van der Waals surface area (Å²) in [4.78, 5) is 0. The van der Waals surface area contributed by atoms with E-state index in [4.69, 9.17) is 37.4 Å². The van der Waals surface area contributed by atoms with Crippen LogP contribution in [0.5, 0.6) is 0 Å². The van der Waals surface area contributed by atoms with Crippen molar-refractivity contribution in [3.05, 3.63) is 12.3 Å². The summed E-state index contributed by atoms with van der Waals surface area (Å²) in [6.45, 7) is 14.3. The Labute approximate surface area is 110 Å². The molecule has 1 unspecified atom stereocenters. The molecule has 0 N–H and O–H groups in total. The Balaban J connectivity index is 4.76. The second-order valence-electron chi connectivity index (χ2n) is 4.78. The van der Waals surface area contributed by atoms with Gasteiger partial charge in [-0.2, -0.15) is 0 Å². The van der Waals surface area contributed by atoms with Crippen LogP contribution in [-0.2, 0) is 4.12 Å². The maximum Gasteiger partial charge on any atom is 0.343 e. The van der Waals surface area contributed by atoms with Gasteiger partial charge < -0.3 is 4.12 Å². The second kappa shape index (κ2) is 5.25. The highest BCUT2D eigenvalue weighted by atomic mass is 35.8. The molecule has 0 fully saturated rings. The van der Waals surface area contributed by atoms with E-state index in [0.717, 1.165) is 0 Å². The summed E-state index contributed by atoms with van der Waals surface area (Å²) in [5, 5.41) is 0.0849. The molecule has 15 heavy (non-hydrogen) atoms. The van der Waals surface area contributed by atoms with Gasteiger partial charge in [0.15, 0.2) is 16.6 Å². The van der Waals surface area contributed by atoms with E-state index < -0.39 is 22.6 Å². The molecule has 0 aromatic rings. The van der Waals surface area contributed by atoms with E-state index in [1.807, 2.05) is 12.6 Å². The molecule has 0 saturated carbocycles. The summed E-state index contributed by atoms with van der Waals surface area (Å²) in [7, 11) is -3.72. The highest BCUT2D eigenvalue weighted by Gasteiger charge is 2.47. The molecule has 1 nitrogen and oxygen atoms in total. The van der Waals surface area contributed by atoms with Gasteiger partial charge in [0.2, 0.25) is 0 Å². The van der Waals surface area contributed by atoms with Gasteiger partial charge in [-0.25, -0.2) is 0 Å². The lowest BCUT2D eigenvalue weighted by atomic mass is 10.9. The minimum atomic E-state index is -2.67. The van der Waals surface area contributed by atoms with Crippen molar-refractivity contribution in [3.63, 3.8) is 0 Å². The average Bonchev–Trinajstić information content (AvgIpc) is 1.99. The zero-order valence-electron chi connectivity index (χ0n) is 9.90. The lowest BCUT2D eigenvalue weighted by Crippen LogP contribution is -2.50. The van der Waals surface area contributed by atoms with Gasteiger partial charge in [-0.3, -0.25) is 0 Å². The first-order valence-corrected chi connectivity index (χ1v) is 15.9. The van der Waals surface area contributed by atoms with Crippen molar-refractivity contribution in [1.29, 1.82) is 0 Å². The van der Waals surface area contributed by atoms with Crippen molar-refractivity contribution in [2.24, 2.45) is 0 Å². The van der Waals surface area contributed by atoms with E-state index >= 15 is 0 Å². The molecule has 0 heterocycles. The van der Waals surface area contributed by atoms with Crippen LogP contribution in [0.4, 0.5) is 0 Å². The maximum absolute atomic E-state index is 6.20. The average molecular weight is 322 g/mol. The van der Waals surface area contributed by atoms with Crippen LogP contribution >= 0.6 is 33.2 Å². The van der Waals surface area contributed by atoms with Crippen molar-refractivity contribution < 1.29 is 4.12 Å². The van der Waals surface area contributed by atoms with Crippen LogP contribution < -0.4 is 0 Å². The topological polar surface area (TPSA) is 9.23 Å². The maximum atomic E-state index is 6.20. The molecular weight excluding hydrogens is 303 g/mol. The first-order valence-electron chi connectivity index (χ1n) is 4.83. The second-order valence-corrected chi connectivity index (χ2v) is 22.9. The van der Waals surface area contributed by atoms with Crippen LogP contribution in [0, 0.1) is 0 Å². The molecule has 0 rings (SSSR count). The fourth-order valence-electron chi connectivity index (χ4n) is 1.20. The van der Waals surface area contributed by atoms with E-state index in [0.29, 0.717) is 0 Å². The minimum absolute atomic E-state index is 0.0849. The summed E-state index contributed by atoms with van der Waals surface area (Å²) >= 11 is 18.2. The van der Waals surface area contributed by atoms with Crippen molar-refractivity contribution >= 4 is 55.9 Å². The van der Waals surface area contributed by atoms with Crippen LogP contribution in [0.15, 0.2) is 12.3 Å². The quantitative estimate of drug-likeness (QED) is 0.526. The number of hydrogen-bond acceptors (Lipinski definition) is 1. The van der Waals surface area contributed by atoms with Gasteiger partial charge in [-0.15, -0.1) is 39.8 Å². The van der Waals surface area contributed by atoms with Gasteiger partial charge in [0.1, 0.15) is 0 Å². The molecule has 7 heteroatoms. The van der Waals surface area contributed by atoms with Gasteiger partial charge in [-0.1, -0.05) is 12.6 Å². The Morgan fingerprint density at radius 1 is 1.13 bits per heavy atom. The Kier molecular flexibility index (Phi) is 5.67. The van der Waals surface area contributed by atoms with Crippen molar-refractivity contribution in [1.82, 2.24) is 0 Å². The Morgan fingerprint density at radius 2 is 1.53 bits per heavy atom. The van der Waals surface area contributed by atoms with Gasteiger partial charge in [0.25, 0.3) is 0 Å². The summed E-state index contributed by atoms with van der Waals surface area (Å²) in [6.07, 6.45) is 0. The molecule has 1 atom stereocenters. The number of hydrogen-bond donors (Lipinski definition) is 0. The summed E-state index contributed by atoms with van der Waals surface area (Å²) in [5.74, 6) is 0. The molecule has 0 aromatic heterocycles. The van der Waals surface area contributed by atoms with Crippen LogP contribution in [0.25, 0.3) is 0 Å². The molecule has 0 aromatic carbocycles.